The first-order valence-electron chi connectivity index (χ1n) is 8.34. The first kappa shape index (κ1) is 17.0. The Balaban J connectivity index is 1.65. The topological polar surface area (TPSA) is 64.7 Å². The molecule has 0 fully saturated rings. The van der Waals surface area contributed by atoms with Gasteiger partial charge < -0.3 is 9.88 Å². The number of aromatic nitrogens is 4. The zero-order chi connectivity index (χ0) is 18.0. The van der Waals surface area contributed by atoms with Crippen LogP contribution in [0.15, 0.2) is 43.0 Å². The SMILES string of the molecule is Cc1nn(C)c(C)c1C[C@@H](C)NC(=O)c1ccc(-n2ccnc2)cc1. The maximum Gasteiger partial charge on any atom is 0.251 e. The van der Waals surface area contributed by atoms with E-state index in [0.717, 1.165) is 23.5 Å². The molecule has 2 aromatic heterocycles. The van der Waals surface area contributed by atoms with Crippen molar-refractivity contribution < 1.29 is 4.79 Å². The van der Waals surface area contributed by atoms with Crippen molar-refractivity contribution in [3.05, 3.63) is 65.5 Å². The van der Waals surface area contributed by atoms with Crippen LogP contribution in [0.4, 0.5) is 0 Å². The van der Waals surface area contributed by atoms with Gasteiger partial charge in [0.2, 0.25) is 0 Å². The van der Waals surface area contributed by atoms with Crippen molar-refractivity contribution in [1.29, 1.82) is 0 Å². The van der Waals surface area contributed by atoms with Crippen LogP contribution in [0, 0.1) is 13.8 Å². The first-order valence-corrected chi connectivity index (χ1v) is 8.34. The molecule has 6 heteroatoms. The summed E-state index contributed by atoms with van der Waals surface area (Å²) in [6.07, 6.45) is 6.10. The average molecular weight is 337 g/mol. The number of carbonyl (C=O) groups excluding carboxylic acids is 1. The van der Waals surface area contributed by atoms with Gasteiger partial charge in [-0.3, -0.25) is 9.48 Å². The molecule has 3 rings (SSSR count). The molecular formula is C19H23N5O. The van der Waals surface area contributed by atoms with Crippen LogP contribution in [0.25, 0.3) is 5.69 Å². The Morgan fingerprint density at radius 2 is 1.96 bits per heavy atom. The summed E-state index contributed by atoms with van der Waals surface area (Å²) in [6.45, 7) is 6.08. The molecule has 0 saturated heterocycles. The van der Waals surface area contributed by atoms with Crippen molar-refractivity contribution in [1.82, 2.24) is 24.6 Å². The Kier molecular flexibility index (Phi) is 4.70. The molecule has 0 unspecified atom stereocenters. The summed E-state index contributed by atoms with van der Waals surface area (Å²) in [5.41, 5.74) is 4.99. The van der Waals surface area contributed by atoms with Crippen molar-refractivity contribution in [3.63, 3.8) is 0 Å². The molecule has 0 saturated carbocycles. The normalized spacial score (nSPS) is 12.2. The molecule has 1 N–H and O–H groups in total. The minimum absolute atomic E-state index is 0.0300. The quantitative estimate of drug-likeness (QED) is 0.778. The highest BCUT2D eigenvalue weighted by Gasteiger charge is 2.15. The highest BCUT2D eigenvalue weighted by molar-refractivity contribution is 5.94. The molecule has 0 aliphatic heterocycles. The Hall–Kier alpha value is -2.89. The summed E-state index contributed by atoms with van der Waals surface area (Å²) in [5.74, 6) is -0.0659. The van der Waals surface area contributed by atoms with Gasteiger partial charge in [0.1, 0.15) is 0 Å². The number of hydrogen-bond acceptors (Lipinski definition) is 3. The van der Waals surface area contributed by atoms with Crippen molar-refractivity contribution in [2.45, 2.75) is 33.2 Å². The minimum atomic E-state index is -0.0659. The van der Waals surface area contributed by atoms with E-state index in [1.807, 2.05) is 60.6 Å². The number of imidazole rings is 1. The smallest absolute Gasteiger partial charge is 0.251 e. The van der Waals surface area contributed by atoms with Crippen LogP contribution < -0.4 is 5.32 Å². The Labute approximate surface area is 147 Å². The van der Waals surface area contributed by atoms with Crippen LogP contribution in [0.1, 0.15) is 34.2 Å². The zero-order valence-electron chi connectivity index (χ0n) is 15.0. The zero-order valence-corrected chi connectivity index (χ0v) is 15.0. The monoisotopic (exact) mass is 337 g/mol. The molecule has 1 atom stereocenters. The van der Waals surface area contributed by atoms with Gasteiger partial charge in [-0.15, -0.1) is 0 Å². The van der Waals surface area contributed by atoms with Gasteiger partial charge >= 0.3 is 0 Å². The predicted molar refractivity (Wildman–Crippen MR) is 96.9 cm³/mol. The second-order valence-electron chi connectivity index (χ2n) is 6.37. The van der Waals surface area contributed by atoms with Gasteiger partial charge in [0, 0.05) is 42.4 Å². The summed E-state index contributed by atoms with van der Waals surface area (Å²) in [7, 11) is 1.94. The van der Waals surface area contributed by atoms with Gasteiger partial charge in [0.15, 0.2) is 0 Å². The van der Waals surface area contributed by atoms with Crippen molar-refractivity contribution in [2.75, 3.05) is 0 Å². The molecule has 0 aliphatic carbocycles. The minimum Gasteiger partial charge on any atom is -0.349 e. The Bertz CT molecular complexity index is 862. The van der Waals surface area contributed by atoms with E-state index in [0.29, 0.717) is 5.56 Å². The van der Waals surface area contributed by atoms with E-state index in [-0.39, 0.29) is 11.9 Å². The van der Waals surface area contributed by atoms with E-state index in [4.69, 9.17) is 0 Å². The van der Waals surface area contributed by atoms with Gasteiger partial charge in [-0.25, -0.2) is 4.98 Å². The van der Waals surface area contributed by atoms with Crippen LogP contribution in [0.3, 0.4) is 0 Å². The van der Waals surface area contributed by atoms with Crippen LogP contribution >= 0.6 is 0 Å². The van der Waals surface area contributed by atoms with Gasteiger partial charge in [0.05, 0.1) is 12.0 Å². The highest BCUT2D eigenvalue weighted by atomic mass is 16.1. The second kappa shape index (κ2) is 6.93. The lowest BCUT2D eigenvalue weighted by atomic mass is 10.0. The summed E-state index contributed by atoms with van der Waals surface area (Å²) < 4.78 is 3.78. The van der Waals surface area contributed by atoms with Crippen LogP contribution in [-0.2, 0) is 13.5 Å². The number of nitrogens with one attached hydrogen (secondary N) is 1. The molecule has 0 bridgehead atoms. The second-order valence-corrected chi connectivity index (χ2v) is 6.37. The number of amides is 1. The van der Waals surface area contributed by atoms with Gasteiger partial charge in [-0.05, 0) is 57.0 Å². The number of rotatable bonds is 5. The number of carbonyl (C=O) groups is 1. The molecule has 1 amide bonds. The third-order valence-electron chi connectivity index (χ3n) is 4.48. The molecular weight excluding hydrogens is 314 g/mol. The number of nitrogens with zero attached hydrogens (tertiary/aromatic N) is 4. The third-order valence-corrected chi connectivity index (χ3v) is 4.48. The number of aryl methyl sites for hydroxylation is 2. The lowest BCUT2D eigenvalue weighted by Gasteiger charge is -2.14. The fourth-order valence-corrected chi connectivity index (χ4v) is 2.97. The molecule has 3 aromatic rings. The molecule has 0 aliphatic rings. The highest BCUT2D eigenvalue weighted by Crippen LogP contribution is 2.15. The lowest BCUT2D eigenvalue weighted by molar-refractivity contribution is 0.0940. The maximum absolute atomic E-state index is 12.5. The van der Waals surface area contributed by atoms with Gasteiger partial charge in [-0.2, -0.15) is 5.10 Å². The predicted octanol–water partition coefficient (Wildman–Crippen LogP) is 2.58. The molecule has 25 heavy (non-hydrogen) atoms. The summed E-state index contributed by atoms with van der Waals surface area (Å²) in [5, 5.41) is 7.50. The van der Waals surface area contributed by atoms with Crippen LogP contribution in [0.5, 0.6) is 0 Å². The largest absolute Gasteiger partial charge is 0.349 e. The number of hydrogen-bond donors (Lipinski definition) is 1. The van der Waals surface area contributed by atoms with E-state index < -0.39 is 0 Å². The summed E-state index contributed by atoms with van der Waals surface area (Å²) in [4.78, 5) is 16.5. The molecule has 0 radical (unpaired) electrons. The Morgan fingerprint density at radius 3 is 2.52 bits per heavy atom. The van der Waals surface area contributed by atoms with Gasteiger partial charge in [0.25, 0.3) is 5.91 Å². The first-order chi connectivity index (χ1) is 12.0. The maximum atomic E-state index is 12.5. The number of benzene rings is 1. The van der Waals surface area contributed by atoms with E-state index in [1.165, 1.54) is 5.56 Å². The molecule has 2 heterocycles. The fraction of sp³-hybridized carbons (Fsp3) is 0.316. The van der Waals surface area contributed by atoms with Crippen molar-refractivity contribution in [2.24, 2.45) is 7.05 Å². The molecule has 0 spiro atoms. The molecule has 1 aromatic carbocycles. The summed E-state index contributed by atoms with van der Waals surface area (Å²) >= 11 is 0. The van der Waals surface area contributed by atoms with Crippen LogP contribution in [0.2, 0.25) is 0 Å². The summed E-state index contributed by atoms with van der Waals surface area (Å²) in [6, 6.07) is 7.52. The standard InChI is InChI=1S/C19H23N5O/c1-13(11-18-14(2)22-23(4)15(18)3)21-19(25)16-5-7-17(8-6-16)24-10-9-20-12-24/h5-10,12-13H,11H2,1-4H3,(H,21,25)/t13-/m1/s1. The van der Waals surface area contributed by atoms with Gasteiger partial charge in [-0.1, -0.05) is 0 Å². The fourth-order valence-electron chi connectivity index (χ4n) is 2.97. The van der Waals surface area contributed by atoms with Crippen LogP contribution in [-0.4, -0.2) is 31.3 Å². The average Bonchev–Trinajstić information content (AvgIpc) is 3.20. The van der Waals surface area contributed by atoms with E-state index in [1.54, 1.807) is 12.5 Å². The van der Waals surface area contributed by atoms with E-state index in [9.17, 15) is 4.79 Å². The lowest BCUT2D eigenvalue weighted by Crippen LogP contribution is -2.34. The third kappa shape index (κ3) is 3.63. The molecule has 130 valence electrons. The van der Waals surface area contributed by atoms with E-state index >= 15 is 0 Å². The molecule has 6 nitrogen and oxygen atoms in total. The Morgan fingerprint density at radius 1 is 1.24 bits per heavy atom. The van der Waals surface area contributed by atoms with E-state index in [2.05, 4.69) is 22.3 Å². The van der Waals surface area contributed by atoms with Crippen molar-refractivity contribution >= 4 is 5.91 Å². The van der Waals surface area contributed by atoms with Crippen molar-refractivity contribution in [3.8, 4) is 5.69 Å².